The Kier molecular flexibility index (Phi) is 5.91. The molecule has 0 aromatic heterocycles. The van der Waals surface area contributed by atoms with E-state index >= 15 is 0 Å². The molecule has 0 N–H and O–H groups in total. The van der Waals surface area contributed by atoms with Gasteiger partial charge in [0.25, 0.3) is 0 Å². The molecule has 0 aliphatic carbocycles. The highest BCUT2D eigenvalue weighted by Gasteiger charge is 2.00. The molecule has 1 aromatic rings. The maximum absolute atomic E-state index is 5.79. The molecular weight excluding hydrogens is 184 g/mol. The minimum atomic E-state index is 0.856. The number of hydrogen-bond donors (Lipinski definition) is 0. The highest BCUT2D eigenvalue weighted by molar-refractivity contribution is 5.33. The average Bonchev–Trinajstić information content (AvgIpc) is 2.27. The lowest BCUT2D eigenvalue weighted by Gasteiger charge is -2.10. The van der Waals surface area contributed by atoms with Crippen LogP contribution in [-0.4, -0.2) is 6.61 Å². The molecule has 1 heteroatoms. The van der Waals surface area contributed by atoms with Crippen molar-refractivity contribution in [2.24, 2.45) is 0 Å². The first-order valence-corrected chi connectivity index (χ1v) is 6.09. The fraction of sp³-hybridized carbons (Fsp3) is 0.571. The second kappa shape index (κ2) is 7.33. The molecule has 0 atom stereocenters. The minimum Gasteiger partial charge on any atom is -0.493 e. The minimum absolute atomic E-state index is 0.856. The number of benzene rings is 1. The molecule has 0 amide bonds. The molecule has 0 bridgehead atoms. The molecule has 15 heavy (non-hydrogen) atoms. The van der Waals surface area contributed by atoms with Gasteiger partial charge in [-0.3, -0.25) is 0 Å². The Balaban J connectivity index is 2.44. The summed E-state index contributed by atoms with van der Waals surface area (Å²) in [5, 5.41) is 0. The second-order valence-corrected chi connectivity index (χ2v) is 3.91. The van der Waals surface area contributed by atoms with Crippen molar-refractivity contribution in [2.45, 2.75) is 46.0 Å². The van der Waals surface area contributed by atoms with Crippen LogP contribution in [0.2, 0.25) is 0 Å². The van der Waals surface area contributed by atoms with E-state index in [0.29, 0.717) is 0 Å². The van der Waals surface area contributed by atoms with Gasteiger partial charge < -0.3 is 4.74 Å². The topological polar surface area (TPSA) is 9.23 Å². The Labute approximate surface area is 93.5 Å². The van der Waals surface area contributed by atoms with Crippen molar-refractivity contribution in [1.29, 1.82) is 0 Å². The first-order valence-electron chi connectivity index (χ1n) is 6.09. The molecule has 0 heterocycles. The number of ether oxygens (including phenoxy) is 1. The molecular formula is C14H22O. The van der Waals surface area contributed by atoms with Crippen LogP contribution < -0.4 is 4.74 Å². The van der Waals surface area contributed by atoms with Crippen molar-refractivity contribution >= 4 is 0 Å². The summed E-state index contributed by atoms with van der Waals surface area (Å²) >= 11 is 0. The molecule has 0 fully saturated rings. The summed E-state index contributed by atoms with van der Waals surface area (Å²) in [7, 11) is 0. The average molecular weight is 206 g/mol. The standard InChI is InChI=1S/C14H22O/c1-3-5-8-12-15-14-11-7-6-10-13(14)9-4-2/h6-7,10-11H,3-5,8-9,12H2,1-2H3. The summed E-state index contributed by atoms with van der Waals surface area (Å²) in [6.45, 7) is 5.27. The zero-order valence-electron chi connectivity index (χ0n) is 9.96. The highest BCUT2D eigenvalue weighted by atomic mass is 16.5. The first kappa shape index (κ1) is 12.1. The molecule has 0 aliphatic rings. The Morgan fingerprint density at radius 2 is 1.80 bits per heavy atom. The lowest BCUT2D eigenvalue weighted by Crippen LogP contribution is -1.99. The van der Waals surface area contributed by atoms with E-state index < -0.39 is 0 Å². The summed E-state index contributed by atoms with van der Waals surface area (Å²) in [5.74, 6) is 1.08. The molecule has 0 unspecified atom stereocenters. The molecule has 0 spiro atoms. The Hall–Kier alpha value is -0.980. The van der Waals surface area contributed by atoms with Crippen molar-refractivity contribution in [2.75, 3.05) is 6.61 Å². The number of hydrogen-bond acceptors (Lipinski definition) is 1. The van der Waals surface area contributed by atoms with E-state index in [9.17, 15) is 0 Å². The molecule has 84 valence electrons. The SMILES string of the molecule is CCCCCOc1ccccc1CCC. The molecule has 1 aromatic carbocycles. The number of para-hydroxylation sites is 1. The van der Waals surface area contributed by atoms with Gasteiger partial charge in [-0.1, -0.05) is 51.3 Å². The molecule has 1 nitrogen and oxygen atoms in total. The zero-order valence-corrected chi connectivity index (χ0v) is 9.96. The fourth-order valence-corrected chi connectivity index (χ4v) is 1.65. The van der Waals surface area contributed by atoms with Gasteiger partial charge in [-0.25, -0.2) is 0 Å². The van der Waals surface area contributed by atoms with E-state index in [1.54, 1.807) is 0 Å². The van der Waals surface area contributed by atoms with E-state index in [2.05, 4.69) is 32.0 Å². The molecule has 0 aliphatic heterocycles. The van der Waals surface area contributed by atoms with Crippen LogP contribution in [0.1, 0.15) is 45.1 Å². The predicted octanol–water partition coefficient (Wildman–Crippen LogP) is 4.21. The third kappa shape index (κ3) is 4.37. The zero-order chi connectivity index (χ0) is 10.9. The van der Waals surface area contributed by atoms with E-state index in [0.717, 1.165) is 25.2 Å². The van der Waals surface area contributed by atoms with Gasteiger partial charge in [0.2, 0.25) is 0 Å². The monoisotopic (exact) mass is 206 g/mol. The largest absolute Gasteiger partial charge is 0.493 e. The molecule has 0 saturated carbocycles. The molecule has 0 saturated heterocycles. The van der Waals surface area contributed by atoms with Crippen molar-refractivity contribution < 1.29 is 4.74 Å². The first-order chi connectivity index (χ1) is 7.38. The van der Waals surface area contributed by atoms with Crippen molar-refractivity contribution in [3.8, 4) is 5.75 Å². The van der Waals surface area contributed by atoms with Gasteiger partial charge in [-0.15, -0.1) is 0 Å². The molecule has 1 rings (SSSR count). The predicted molar refractivity (Wildman–Crippen MR) is 65.5 cm³/mol. The van der Waals surface area contributed by atoms with Gasteiger partial charge in [0, 0.05) is 0 Å². The Bertz CT molecular complexity index is 268. The van der Waals surface area contributed by atoms with Crippen molar-refractivity contribution in [3.63, 3.8) is 0 Å². The maximum Gasteiger partial charge on any atom is 0.122 e. The summed E-state index contributed by atoms with van der Waals surface area (Å²) in [4.78, 5) is 0. The van der Waals surface area contributed by atoms with Gasteiger partial charge in [0.05, 0.1) is 6.61 Å². The lowest BCUT2D eigenvalue weighted by atomic mass is 10.1. The Morgan fingerprint density at radius 1 is 1.00 bits per heavy atom. The van der Waals surface area contributed by atoms with Crippen LogP contribution in [0.25, 0.3) is 0 Å². The van der Waals surface area contributed by atoms with Crippen LogP contribution >= 0.6 is 0 Å². The van der Waals surface area contributed by atoms with Gasteiger partial charge in [-0.05, 0) is 24.5 Å². The van der Waals surface area contributed by atoms with Crippen LogP contribution in [0.3, 0.4) is 0 Å². The highest BCUT2D eigenvalue weighted by Crippen LogP contribution is 2.19. The number of aryl methyl sites for hydroxylation is 1. The van der Waals surface area contributed by atoms with Crippen LogP contribution in [0.15, 0.2) is 24.3 Å². The van der Waals surface area contributed by atoms with Crippen molar-refractivity contribution in [3.05, 3.63) is 29.8 Å². The Morgan fingerprint density at radius 3 is 2.53 bits per heavy atom. The third-order valence-corrected chi connectivity index (χ3v) is 2.50. The molecule has 0 radical (unpaired) electrons. The van der Waals surface area contributed by atoms with Gasteiger partial charge in [-0.2, -0.15) is 0 Å². The van der Waals surface area contributed by atoms with E-state index in [1.165, 1.54) is 24.8 Å². The van der Waals surface area contributed by atoms with Gasteiger partial charge in [0.1, 0.15) is 5.75 Å². The van der Waals surface area contributed by atoms with E-state index in [4.69, 9.17) is 4.74 Å². The second-order valence-electron chi connectivity index (χ2n) is 3.91. The van der Waals surface area contributed by atoms with Gasteiger partial charge in [0.15, 0.2) is 0 Å². The van der Waals surface area contributed by atoms with E-state index in [1.807, 2.05) is 6.07 Å². The van der Waals surface area contributed by atoms with Crippen LogP contribution in [0.5, 0.6) is 5.75 Å². The maximum atomic E-state index is 5.79. The van der Waals surface area contributed by atoms with Crippen LogP contribution in [0, 0.1) is 0 Å². The summed E-state index contributed by atoms with van der Waals surface area (Å²) in [5.41, 5.74) is 1.34. The lowest BCUT2D eigenvalue weighted by molar-refractivity contribution is 0.303. The van der Waals surface area contributed by atoms with Crippen LogP contribution in [-0.2, 0) is 6.42 Å². The smallest absolute Gasteiger partial charge is 0.122 e. The van der Waals surface area contributed by atoms with E-state index in [-0.39, 0.29) is 0 Å². The number of unbranched alkanes of at least 4 members (excludes halogenated alkanes) is 2. The summed E-state index contributed by atoms with van der Waals surface area (Å²) < 4.78 is 5.79. The van der Waals surface area contributed by atoms with Gasteiger partial charge >= 0.3 is 0 Å². The number of rotatable bonds is 7. The third-order valence-electron chi connectivity index (χ3n) is 2.50. The summed E-state index contributed by atoms with van der Waals surface area (Å²) in [6, 6.07) is 8.38. The quantitative estimate of drug-likeness (QED) is 0.607. The normalized spacial score (nSPS) is 10.3. The van der Waals surface area contributed by atoms with Crippen molar-refractivity contribution in [1.82, 2.24) is 0 Å². The summed E-state index contributed by atoms with van der Waals surface area (Å²) in [6.07, 6.45) is 5.96. The van der Waals surface area contributed by atoms with Crippen LogP contribution in [0.4, 0.5) is 0 Å². The fourth-order valence-electron chi connectivity index (χ4n) is 1.65.